The highest BCUT2D eigenvalue weighted by Crippen LogP contribution is 2.25. The van der Waals surface area contributed by atoms with Crippen LogP contribution in [0.3, 0.4) is 0 Å². The summed E-state index contributed by atoms with van der Waals surface area (Å²) in [6.07, 6.45) is 0.668. The van der Waals surface area contributed by atoms with Crippen LogP contribution in [0.25, 0.3) is 5.69 Å². The number of aromatic nitrogens is 4. The van der Waals surface area contributed by atoms with Crippen LogP contribution in [0, 0.1) is 6.92 Å². The minimum atomic E-state index is -3.84. The molecule has 0 atom stereocenters. The van der Waals surface area contributed by atoms with E-state index in [1.165, 1.54) is 40.3 Å². The van der Waals surface area contributed by atoms with Gasteiger partial charge in [-0.1, -0.05) is 48.1 Å². The molecule has 12 heteroatoms. The van der Waals surface area contributed by atoms with Gasteiger partial charge in [-0.15, -0.1) is 10.2 Å². The maximum absolute atomic E-state index is 12.9. The van der Waals surface area contributed by atoms with Crippen LogP contribution < -0.4 is 10.0 Å². The lowest BCUT2D eigenvalue weighted by Crippen LogP contribution is -2.14. The largest absolute Gasteiger partial charge is 0.322 e. The van der Waals surface area contributed by atoms with Gasteiger partial charge in [-0.05, 0) is 49.7 Å². The highest BCUT2D eigenvalue weighted by molar-refractivity contribution is 7.93. The normalized spacial score (nSPS) is 11.4. The molecule has 9 nitrogen and oxygen atoms in total. The van der Waals surface area contributed by atoms with Gasteiger partial charge in [0.1, 0.15) is 15.7 Å². The summed E-state index contributed by atoms with van der Waals surface area (Å²) in [7, 11) is -3.84. The number of carbonyl (C=O) groups is 1. The average molecular weight is 503 g/mol. The Labute approximate surface area is 199 Å². The van der Waals surface area contributed by atoms with Crippen LogP contribution in [0.1, 0.15) is 28.0 Å². The number of nitrogens with zero attached hydrogens (tertiary/aromatic N) is 4. The van der Waals surface area contributed by atoms with Gasteiger partial charge in [0.2, 0.25) is 5.13 Å². The molecular formula is C21H19ClN6O3S2. The van der Waals surface area contributed by atoms with E-state index < -0.39 is 15.9 Å². The van der Waals surface area contributed by atoms with E-state index in [4.69, 9.17) is 11.6 Å². The van der Waals surface area contributed by atoms with Crippen molar-refractivity contribution in [3.8, 4) is 5.69 Å². The zero-order chi connectivity index (χ0) is 23.6. The molecule has 33 heavy (non-hydrogen) atoms. The van der Waals surface area contributed by atoms with Gasteiger partial charge in [0.05, 0.1) is 16.3 Å². The molecule has 2 aromatic heterocycles. The summed E-state index contributed by atoms with van der Waals surface area (Å²) in [4.78, 5) is 12.9. The van der Waals surface area contributed by atoms with Gasteiger partial charge in [0, 0.05) is 5.69 Å². The maximum atomic E-state index is 12.9. The van der Waals surface area contributed by atoms with Crippen molar-refractivity contribution in [1.82, 2.24) is 20.0 Å². The molecule has 170 valence electrons. The van der Waals surface area contributed by atoms with Gasteiger partial charge >= 0.3 is 0 Å². The molecule has 2 N–H and O–H groups in total. The summed E-state index contributed by atoms with van der Waals surface area (Å²) in [5.41, 5.74) is 1.84. The summed E-state index contributed by atoms with van der Waals surface area (Å²) in [5, 5.41) is 15.9. The Hall–Kier alpha value is -3.28. The maximum Gasteiger partial charge on any atom is 0.263 e. The Balaban J connectivity index is 1.50. The van der Waals surface area contributed by atoms with Crippen LogP contribution in [0.15, 0.2) is 59.5 Å². The zero-order valence-electron chi connectivity index (χ0n) is 17.6. The van der Waals surface area contributed by atoms with E-state index >= 15 is 0 Å². The smallest absolute Gasteiger partial charge is 0.263 e. The topological polar surface area (TPSA) is 119 Å². The first-order valence-electron chi connectivity index (χ1n) is 9.85. The van der Waals surface area contributed by atoms with E-state index in [1.807, 2.05) is 37.3 Å². The molecule has 0 fully saturated rings. The van der Waals surface area contributed by atoms with Crippen molar-refractivity contribution in [3.63, 3.8) is 0 Å². The Morgan fingerprint density at radius 1 is 1.09 bits per heavy atom. The standard InChI is InChI=1S/C21H19ClN6O3S2/c1-3-17-24-25-21(32-17)27-33(30,31)16-11-9-14(10-12-16)23-20(29)18-13(2)26-28(19(18)22)15-7-5-4-6-8-15/h4-12H,3H2,1-2H3,(H,23,29)(H,25,27). The number of hydrogen-bond acceptors (Lipinski definition) is 7. The highest BCUT2D eigenvalue weighted by atomic mass is 35.5. The SMILES string of the molecule is CCc1nnc(NS(=O)(=O)c2ccc(NC(=O)c3c(C)nn(-c4ccccc4)c3Cl)cc2)s1. The molecule has 0 saturated heterocycles. The van der Waals surface area contributed by atoms with Crippen molar-refractivity contribution in [2.75, 3.05) is 10.0 Å². The molecule has 0 unspecified atom stereocenters. The molecule has 4 rings (SSSR count). The predicted octanol–water partition coefficient (Wildman–Crippen LogP) is 4.30. The molecular weight excluding hydrogens is 484 g/mol. The number of amides is 1. The fraction of sp³-hybridized carbons (Fsp3) is 0.143. The van der Waals surface area contributed by atoms with Gasteiger partial charge in [0.15, 0.2) is 0 Å². The second kappa shape index (κ2) is 9.30. The molecule has 0 aliphatic rings. The second-order valence-corrected chi connectivity index (χ2v) is 10.0. The van der Waals surface area contributed by atoms with Crippen molar-refractivity contribution in [1.29, 1.82) is 0 Å². The minimum absolute atomic E-state index is 0.0276. The third kappa shape index (κ3) is 4.90. The van der Waals surface area contributed by atoms with E-state index in [9.17, 15) is 13.2 Å². The quantitative estimate of drug-likeness (QED) is 0.389. The summed E-state index contributed by atoms with van der Waals surface area (Å²) in [5.74, 6) is -0.450. The Morgan fingerprint density at radius 2 is 1.79 bits per heavy atom. The molecule has 0 aliphatic heterocycles. The number of aryl methyl sites for hydroxylation is 2. The molecule has 0 bridgehead atoms. The number of carbonyl (C=O) groups excluding carboxylic acids is 1. The molecule has 0 saturated carbocycles. The van der Waals surface area contributed by atoms with Crippen molar-refractivity contribution in [2.24, 2.45) is 0 Å². The lowest BCUT2D eigenvalue weighted by atomic mass is 10.2. The van der Waals surface area contributed by atoms with E-state index in [2.05, 4.69) is 25.3 Å². The molecule has 2 aromatic carbocycles. The summed E-state index contributed by atoms with van der Waals surface area (Å²) in [6, 6.07) is 15.0. The van der Waals surface area contributed by atoms with Crippen LogP contribution in [0.2, 0.25) is 5.15 Å². The summed E-state index contributed by atoms with van der Waals surface area (Å²) >= 11 is 7.62. The molecule has 0 radical (unpaired) electrons. The molecule has 2 heterocycles. The number of anilines is 2. The minimum Gasteiger partial charge on any atom is -0.322 e. The van der Waals surface area contributed by atoms with Gasteiger partial charge in [-0.3, -0.25) is 9.52 Å². The molecule has 4 aromatic rings. The highest BCUT2D eigenvalue weighted by Gasteiger charge is 2.22. The molecule has 0 aliphatic carbocycles. The summed E-state index contributed by atoms with van der Waals surface area (Å²) < 4.78 is 29.1. The van der Waals surface area contributed by atoms with Gasteiger partial charge < -0.3 is 5.32 Å². The first-order valence-corrected chi connectivity index (χ1v) is 12.5. The van der Waals surface area contributed by atoms with Crippen LogP contribution in [0.4, 0.5) is 10.8 Å². The van der Waals surface area contributed by atoms with E-state index in [0.29, 0.717) is 17.8 Å². The number of benzene rings is 2. The zero-order valence-corrected chi connectivity index (χ0v) is 20.0. The van der Waals surface area contributed by atoms with Crippen molar-refractivity contribution in [3.05, 3.63) is 76.0 Å². The Kier molecular flexibility index (Phi) is 6.45. The lowest BCUT2D eigenvalue weighted by molar-refractivity contribution is 0.102. The molecule has 1 amide bonds. The van der Waals surface area contributed by atoms with Crippen LogP contribution in [-0.4, -0.2) is 34.3 Å². The molecule has 0 spiro atoms. The Morgan fingerprint density at radius 3 is 2.42 bits per heavy atom. The number of sulfonamides is 1. The number of rotatable bonds is 7. The second-order valence-electron chi connectivity index (χ2n) is 6.94. The van der Waals surface area contributed by atoms with E-state index in [0.717, 1.165) is 10.7 Å². The van der Waals surface area contributed by atoms with Gasteiger partial charge in [-0.25, -0.2) is 13.1 Å². The van der Waals surface area contributed by atoms with E-state index in [-0.39, 0.29) is 20.7 Å². The van der Waals surface area contributed by atoms with E-state index in [1.54, 1.807) is 6.92 Å². The number of nitrogens with one attached hydrogen (secondary N) is 2. The van der Waals surface area contributed by atoms with Crippen molar-refractivity contribution >= 4 is 49.7 Å². The third-order valence-electron chi connectivity index (χ3n) is 4.65. The first kappa shape index (κ1) is 22.9. The number of halogens is 1. The Bertz CT molecular complexity index is 1400. The predicted molar refractivity (Wildman–Crippen MR) is 128 cm³/mol. The lowest BCUT2D eigenvalue weighted by Gasteiger charge is -2.08. The van der Waals surface area contributed by atoms with Crippen molar-refractivity contribution < 1.29 is 13.2 Å². The monoisotopic (exact) mass is 502 g/mol. The fourth-order valence-corrected chi connectivity index (χ4v) is 5.29. The van der Waals surface area contributed by atoms with Gasteiger partial charge in [0.25, 0.3) is 15.9 Å². The third-order valence-corrected chi connectivity index (χ3v) is 7.46. The number of para-hydroxylation sites is 1. The average Bonchev–Trinajstić information content (AvgIpc) is 3.37. The summed E-state index contributed by atoms with van der Waals surface area (Å²) in [6.45, 7) is 3.60. The van der Waals surface area contributed by atoms with Crippen LogP contribution in [-0.2, 0) is 16.4 Å². The first-order chi connectivity index (χ1) is 15.8. The van der Waals surface area contributed by atoms with Crippen molar-refractivity contribution in [2.45, 2.75) is 25.2 Å². The number of hydrogen-bond donors (Lipinski definition) is 2. The van der Waals surface area contributed by atoms with Gasteiger partial charge in [-0.2, -0.15) is 5.10 Å². The van der Waals surface area contributed by atoms with Crippen LogP contribution in [0.5, 0.6) is 0 Å². The van der Waals surface area contributed by atoms with Crippen LogP contribution >= 0.6 is 22.9 Å². The fourth-order valence-electron chi connectivity index (χ4n) is 3.02.